The van der Waals surface area contributed by atoms with Crippen LogP contribution in [0.1, 0.15) is 30.3 Å². The highest BCUT2D eigenvalue weighted by atomic mass is 16.5. The summed E-state index contributed by atoms with van der Waals surface area (Å²) < 4.78 is 4.60. The number of carbonyl (C=O) groups is 1. The van der Waals surface area contributed by atoms with E-state index >= 15 is 0 Å². The van der Waals surface area contributed by atoms with Gasteiger partial charge in [0.15, 0.2) is 5.69 Å². The number of rotatable bonds is 5. The molecule has 0 N–H and O–H groups in total. The third-order valence-electron chi connectivity index (χ3n) is 2.29. The second-order valence-corrected chi connectivity index (χ2v) is 3.53. The van der Waals surface area contributed by atoms with Crippen LogP contribution in [0.15, 0.2) is 12.4 Å². The average molecular weight is 223 g/mol. The Balaban J connectivity index is 2.77. The fourth-order valence-electron chi connectivity index (χ4n) is 1.28. The van der Waals surface area contributed by atoms with E-state index in [1.54, 1.807) is 6.07 Å². The normalized spacial score (nSPS) is 9.94. The minimum atomic E-state index is -0.437. The van der Waals surface area contributed by atoms with Gasteiger partial charge in [-0.05, 0) is 6.42 Å². The van der Waals surface area contributed by atoms with Crippen molar-refractivity contribution in [1.82, 2.24) is 9.97 Å². The SMILES string of the molecule is CCCCN(C)c1cc(C(=O)OC)ncn1. The molecule has 88 valence electrons. The number of anilines is 1. The van der Waals surface area contributed by atoms with E-state index in [4.69, 9.17) is 0 Å². The van der Waals surface area contributed by atoms with Gasteiger partial charge in [-0.25, -0.2) is 14.8 Å². The number of nitrogens with zero attached hydrogens (tertiary/aromatic N) is 3. The van der Waals surface area contributed by atoms with Crippen molar-refractivity contribution in [2.45, 2.75) is 19.8 Å². The van der Waals surface area contributed by atoms with Crippen LogP contribution in [0, 0.1) is 0 Å². The van der Waals surface area contributed by atoms with Crippen LogP contribution in [0.2, 0.25) is 0 Å². The van der Waals surface area contributed by atoms with Crippen molar-refractivity contribution in [1.29, 1.82) is 0 Å². The van der Waals surface area contributed by atoms with Gasteiger partial charge in [0.1, 0.15) is 12.1 Å². The number of hydrogen-bond acceptors (Lipinski definition) is 5. The van der Waals surface area contributed by atoms with Crippen LogP contribution in [-0.4, -0.2) is 36.6 Å². The van der Waals surface area contributed by atoms with Crippen molar-refractivity contribution in [2.75, 3.05) is 25.6 Å². The van der Waals surface area contributed by atoms with Gasteiger partial charge in [0.2, 0.25) is 0 Å². The lowest BCUT2D eigenvalue weighted by Gasteiger charge is -2.17. The van der Waals surface area contributed by atoms with Crippen LogP contribution in [0.25, 0.3) is 0 Å². The quantitative estimate of drug-likeness (QED) is 0.708. The average Bonchev–Trinajstić information content (AvgIpc) is 2.35. The van der Waals surface area contributed by atoms with Crippen molar-refractivity contribution in [3.63, 3.8) is 0 Å². The Morgan fingerprint density at radius 2 is 2.25 bits per heavy atom. The Morgan fingerprint density at radius 1 is 1.50 bits per heavy atom. The Labute approximate surface area is 95.5 Å². The summed E-state index contributed by atoms with van der Waals surface area (Å²) in [5.74, 6) is 0.302. The fourth-order valence-corrected chi connectivity index (χ4v) is 1.28. The molecule has 0 saturated carbocycles. The van der Waals surface area contributed by atoms with Crippen molar-refractivity contribution >= 4 is 11.8 Å². The number of carbonyl (C=O) groups excluding carboxylic acids is 1. The van der Waals surface area contributed by atoms with Gasteiger partial charge >= 0.3 is 5.97 Å². The molecule has 0 bridgehead atoms. The number of ether oxygens (including phenoxy) is 1. The molecule has 0 aliphatic heterocycles. The second-order valence-electron chi connectivity index (χ2n) is 3.53. The molecule has 5 heteroatoms. The maximum atomic E-state index is 11.3. The van der Waals surface area contributed by atoms with Crippen LogP contribution in [0.3, 0.4) is 0 Å². The zero-order chi connectivity index (χ0) is 12.0. The van der Waals surface area contributed by atoms with E-state index in [0.717, 1.165) is 25.2 Å². The Hall–Kier alpha value is -1.65. The zero-order valence-corrected chi connectivity index (χ0v) is 9.93. The largest absolute Gasteiger partial charge is 0.464 e. The van der Waals surface area contributed by atoms with Crippen molar-refractivity contribution in [3.05, 3.63) is 18.1 Å². The molecule has 0 aromatic carbocycles. The van der Waals surface area contributed by atoms with Gasteiger partial charge in [-0.15, -0.1) is 0 Å². The van der Waals surface area contributed by atoms with E-state index in [0.29, 0.717) is 0 Å². The predicted octanol–water partition coefficient (Wildman–Crippen LogP) is 1.50. The van der Waals surface area contributed by atoms with E-state index < -0.39 is 5.97 Å². The number of aromatic nitrogens is 2. The van der Waals surface area contributed by atoms with Crippen LogP contribution >= 0.6 is 0 Å². The Bertz CT molecular complexity index is 355. The number of esters is 1. The smallest absolute Gasteiger partial charge is 0.356 e. The van der Waals surface area contributed by atoms with E-state index in [1.165, 1.54) is 13.4 Å². The van der Waals surface area contributed by atoms with E-state index in [9.17, 15) is 4.79 Å². The molecule has 0 fully saturated rings. The summed E-state index contributed by atoms with van der Waals surface area (Å²) in [5.41, 5.74) is 0.288. The molecule has 0 atom stereocenters. The van der Waals surface area contributed by atoms with Crippen LogP contribution in [0.4, 0.5) is 5.82 Å². The van der Waals surface area contributed by atoms with Crippen molar-refractivity contribution < 1.29 is 9.53 Å². The highest BCUT2D eigenvalue weighted by molar-refractivity contribution is 5.87. The van der Waals surface area contributed by atoms with Crippen molar-refractivity contribution in [3.8, 4) is 0 Å². The first-order chi connectivity index (χ1) is 7.69. The third-order valence-corrected chi connectivity index (χ3v) is 2.29. The van der Waals surface area contributed by atoms with Gasteiger partial charge in [-0.1, -0.05) is 13.3 Å². The molecular formula is C11H17N3O2. The molecule has 5 nitrogen and oxygen atoms in total. The first-order valence-electron chi connectivity index (χ1n) is 5.30. The minimum absolute atomic E-state index is 0.288. The fraction of sp³-hybridized carbons (Fsp3) is 0.545. The molecule has 0 unspecified atom stereocenters. The number of methoxy groups -OCH3 is 1. The predicted molar refractivity (Wildman–Crippen MR) is 61.5 cm³/mol. The molecule has 1 aromatic heterocycles. The molecule has 0 amide bonds. The molecule has 0 aliphatic carbocycles. The molecule has 0 radical (unpaired) electrons. The monoisotopic (exact) mass is 223 g/mol. The van der Waals surface area contributed by atoms with Gasteiger partial charge in [-0.3, -0.25) is 0 Å². The molecule has 16 heavy (non-hydrogen) atoms. The topological polar surface area (TPSA) is 55.3 Å². The molecule has 0 spiro atoms. The maximum Gasteiger partial charge on any atom is 0.356 e. The summed E-state index contributed by atoms with van der Waals surface area (Å²) in [6, 6.07) is 1.64. The standard InChI is InChI=1S/C11H17N3O2/c1-4-5-6-14(2)10-7-9(11(15)16-3)12-8-13-10/h7-8H,4-6H2,1-3H3. The maximum absolute atomic E-state index is 11.3. The summed E-state index contributed by atoms with van der Waals surface area (Å²) in [4.78, 5) is 21.2. The van der Waals surface area contributed by atoms with Crippen molar-refractivity contribution in [2.24, 2.45) is 0 Å². The van der Waals surface area contributed by atoms with Crippen LogP contribution < -0.4 is 4.90 Å². The van der Waals surface area contributed by atoms with Crippen LogP contribution in [-0.2, 0) is 4.74 Å². The summed E-state index contributed by atoms with van der Waals surface area (Å²) >= 11 is 0. The first kappa shape index (κ1) is 12.4. The number of unbranched alkanes of at least 4 members (excludes halogenated alkanes) is 1. The lowest BCUT2D eigenvalue weighted by atomic mass is 10.3. The number of hydrogen-bond donors (Lipinski definition) is 0. The second kappa shape index (κ2) is 6.05. The van der Waals surface area contributed by atoms with E-state index in [1.807, 2.05) is 11.9 Å². The Morgan fingerprint density at radius 3 is 2.88 bits per heavy atom. The molecule has 0 saturated heterocycles. The van der Waals surface area contributed by atoms with Crippen LogP contribution in [0.5, 0.6) is 0 Å². The highest BCUT2D eigenvalue weighted by Gasteiger charge is 2.10. The highest BCUT2D eigenvalue weighted by Crippen LogP contribution is 2.10. The van der Waals surface area contributed by atoms with Gasteiger partial charge < -0.3 is 9.64 Å². The van der Waals surface area contributed by atoms with Gasteiger partial charge in [0, 0.05) is 19.7 Å². The van der Waals surface area contributed by atoms with Gasteiger partial charge in [0.05, 0.1) is 7.11 Å². The van der Waals surface area contributed by atoms with E-state index in [2.05, 4.69) is 21.6 Å². The zero-order valence-electron chi connectivity index (χ0n) is 9.93. The molecule has 1 aromatic rings. The Kier molecular flexibility index (Phi) is 4.69. The molecule has 0 aliphatic rings. The minimum Gasteiger partial charge on any atom is -0.464 e. The van der Waals surface area contributed by atoms with Gasteiger partial charge in [0.25, 0.3) is 0 Å². The molecular weight excluding hydrogens is 206 g/mol. The molecule has 1 rings (SSSR count). The summed E-state index contributed by atoms with van der Waals surface area (Å²) in [5, 5.41) is 0. The lowest BCUT2D eigenvalue weighted by molar-refractivity contribution is 0.0594. The summed E-state index contributed by atoms with van der Waals surface area (Å²) in [6.07, 6.45) is 3.59. The lowest BCUT2D eigenvalue weighted by Crippen LogP contribution is -2.20. The third kappa shape index (κ3) is 3.18. The summed E-state index contributed by atoms with van der Waals surface area (Å²) in [7, 11) is 3.28. The molecule has 1 heterocycles. The summed E-state index contributed by atoms with van der Waals surface area (Å²) in [6.45, 7) is 3.04. The van der Waals surface area contributed by atoms with E-state index in [-0.39, 0.29) is 5.69 Å². The first-order valence-corrected chi connectivity index (χ1v) is 5.30. The van der Waals surface area contributed by atoms with Gasteiger partial charge in [-0.2, -0.15) is 0 Å².